The zero-order chi connectivity index (χ0) is 21.9. The number of benzene rings is 4. The number of fused-ring (bicyclic) bond motifs is 3. The summed E-state index contributed by atoms with van der Waals surface area (Å²) in [6.07, 6.45) is 0. The molecule has 0 saturated carbocycles. The van der Waals surface area contributed by atoms with Crippen LogP contribution >= 0.6 is 0 Å². The van der Waals surface area contributed by atoms with E-state index < -0.39 is 0 Å². The summed E-state index contributed by atoms with van der Waals surface area (Å²) < 4.78 is 6.41. The molecule has 1 aliphatic rings. The molecule has 2 heteroatoms. The molecular formula is C29H29NO. The monoisotopic (exact) mass is 407 g/mol. The Bertz CT molecular complexity index is 1300. The Hall–Kier alpha value is -3.26. The third kappa shape index (κ3) is 3.18. The lowest BCUT2D eigenvalue weighted by molar-refractivity contribution is 0.477. The highest BCUT2D eigenvalue weighted by Crippen LogP contribution is 2.53. The lowest BCUT2D eigenvalue weighted by Gasteiger charge is -2.35. The minimum atomic E-state index is 0.114. The number of hydrogen-bond acceptors (Lipinski definition) is 2. The molecule has 0 bridgehead atoms. The van der Waals surface area contributed by atoms with Crippen LogP contribution in [-0.4, -0.2) is 0 Å². The van der Waals surface area contributed by atoms with Gasteiger partial charge in [0, 0.05) is 0 Å². The van der Waals surface area contributed by atoms with Crippen molar-refractivity contribution >= 4 is 27.8 Å². The highest BCUT2D eigenvalue weighted by molar-refractivity contribution is 5.97. The summed E-state index contributed by atoms with van der Waals surface area (Å²) >= 11 is 0. The van der Waals surface area contributed by atoms with E-state index in [-0.39, 0.29) is 5.41 Å². The normalized spacial score (nSPS) is 13.0. The van der Waals surface area contributed by atoms with Gasteiger partial charge in [-0.2, -0.15) is 0 Å². The quantitative estimate of drug-likeness (QED) is 0.276. The Morgan fingerprint density at radius 1 is 0.677 bits per heavy atom. The second-order valence-electron chi connectivity index (χ2n) is 9.73. The first-order chi connectivity index (χ1) is 14.7. The zero-order valence-corrected chi connectivity index (χ0v) is 19.2. The van der Waals surface area contributed by atoms with Crippen molar-refractivity contribution in [2.45, 2.75) is 47.0 Å². The van der Waals surface area contributed by atoms with Gasteiger partial charge in [-0.3, -0.25) is 0 Å². The molecular weight excluding hydrogens is 378 g/mol. The highest BCUT2D eigenvalue weighted by atomic mass is 16.5. The van der Waals surface area contributed by atoms with E-state index in [1.807, 2.05) is 6.07 Å². The molecule has 0 saturated heterocycles. The van der Waals surface area contributed by atoms with Gasteiger partial charge in [0.05, 0.1) is 17.1 Å². The summed E-state index contributed by atoms with van der Waals surface area (Å²) in [5, 5.41) is 2.46. The van der Waals surface area contributed by atoms with E-state index in [0.29, 0.717) is 0 Å². The van der Waals surface area contributed by atoms with Crippen molar-refractivity contribution in [2.24, 2.45) is 0 Å². The molecule has 1 heterocycles. The molecule has 0 aliphatic carbocycles. The van der Waals surface area contributed by atoms with Gasteiger partial charge in [-0.25, -0.2) is 0 Å². The van der Waals surface area contributed by atoms with Gasteiger partial charge >= 0.3 is 0 Å². The Kier molecular flexibility index (Phi) is 4.37. The van der Waals surface area contributed by atoms with Crippen LogP contribution in [0.15, 0.2) is 66.7 Å². The first-order valence-corrected chi connectivity index (χ1v) is 11.0. The molecule has 0 N–H and O–H groups in total. The van der Waals surface area contributed by atoms with Gasteiger partial charge in [0.25, 0.3) is 0 Å². The number of rotatable bonds is 1. The largest absolute Gasteiger partial charge is 0.453 e. The van der Waals surface area contributed by atoms with E-state index in [1.165, 1.54) is 38.7 Å². The van der Waals surface area contributed by atoms with E-state index in [9.17, 15) is 0 Å². The first-order valence-electron chi connectivity index (χ1n) is 11.0. The number of para-hydroxylation sites is 2. The summed E-state index contributed by atoms with van der Waals surface area (Å²) in [5.74, 6) is 1.79. The number of hydrogen-bond donors (Lipinski definition) is 0. The van der Waals surface area contributed by atoms with Gasteiger partial charge in [-0.05, 0) is 83.5 Å². The highest BCUT2D eigenvalue weighted by Gasteiger charge is 2.29. The van der Waals surface area contributed by atoms with E-state index in [1.54, 1.807) is 0 Å². The van der Waals surface area contributed by atoms with Crippen LogP contribution in [0, 0.1) is 20.8 Å². The standard InChI is InChI=1S/C29H29NO/c1-18-10-9-11-21-16-25-27(17-23(18)21)31-26-13-8-7-12-24(26)30(25)28-19(2)14-22(15-20(28)3)29(4,5)6/h7-17H,1-6H3. The van der Waals surface area contributed by atoms with Crippen LogP contribution < -0.4 is 9.64 Å². The fourth-order valence-corrected chi connectivity index (χ4v) is 4.67. The molecule has 0 atom stereocenters. The maximum absolute atomic E-state index is 6.41. The van der Waals surface area contributed by atoms with Crippen LogP contribution in [-0.2, 0) is 5.41 Å². The topological polar surface area (TPSA) is 12.5 Å². The van der Waals surface area contributed by atoms with Gasteiger partial charge in [-0.1, -0.05) is 63.2 Å². The van der Waals surface area contributed by atoms with Crippen molar-refractivity contribution in [2.75, 3.05) is 4.90 Å². The van der Waals surface area contributed by atoms with Crippen LogP contribution in [0.3, 0.4) is 0 Å². The van der Waals surface area contributed by atoms with Crippen molar-refractivity contribution in [3.05, 3.63) is 89.0 Å². The third-order valence-corrected chi connectivity index (χ3v) is 6.33. The molecule has 0 aromatic heterocycles. The molecule has 0 fully saturated rings. The smallest absolute Gasteiger partial charge is 0.152 e. The van der Waals surface area contributed by atoms with E-state index in [2.05, 4.69) is 107 Å². The summed E-state index contributed by atoms with van der Waals surface area (Å²) in [6, 6.07) is 23.9. The van der Waals surface area contributed by atoms with E-state index >= 15 is 0 Å². The lowest BCUT2D eigenvalue weighted by atomic mass is 9.84. The van der Waals surface area contributed by atoms with Gasteiger partial charge in [0.1, 0.15) is 0 Å². The summed E-state index contributed by atoms with van der Waals surface area (Å²) in [6.45, 7) is 13.4. The third-order valence-electron chi connectivity index (χ3n) is 6.33. The average Bonchev–Trinajstić information content (AvgIpc) is 2.71. The molecule has 2 nitrogen and oxygen atoms in total. The molecule has 31 heavy (non-hydrogen) atoms. The SMILES string of the molecule is Cc1cc(C(C)(C)C)cc(C)c1N1c2ccccc2Oc2cc3c(C)cccc3cc21. The average molecular weight is 408 g/mol. The molecule has 1 aliphatic heterocycles. The van der Waals surface area contributed by atoms with Crippen molar-refractivity contribution in [1.29, 1.82) is 0 Å². The maximum atomic E-state index is 6.41. The zero-order valence-electron chi connectivity index (χ0n) is 19.2. The van der Waals surface area contributed by atoms with Gasteiger partial charge in [0.15, 0.2) is 11.5 Å². The minimum Gasteiger partial charge on any atom is -0.453 e. The predicted molar refractivity (Wildman–Crippen MR) is 132 cm³/mol. The van der Waals surface area contributed by atoms with Crippen molar-refractivity contribution in [3.63, 3.8) is 0 Å². The van der Waals surface area contributed by atoms with Crippen LogP contribution in [0.25, 0.3) is 10.8 Å². The molecule has 4 aromatic rings. The van der Waals surface area contributed by atoms with Gasteiger partial charge in [-0.15, -0.1) is 0 Å². The molecule has 0 unspecified atom stereocenters. The van der Waals surface area contributed by atoms with Crippen LogP contribution in [0.1, 0.15) is 43.0 Å². The number of ether oxygens (including phenoxy) is 1. The van der Waals surface area contributed by atoms with Crippen molar-refractivity contribution in [3.8, 4) is 11.5 Å². The van der Waals surface area contributed by atoms with Crippen LogP contribution in [0.4, 0.5) is 17.1 Å². The van der Waals surface area contributed by atoms with Crippen LogP contribution in [0.2, 0.25) is 0 Å². The molecule has 156 valence electrons. The molecule has 0 amide bonds. The van der Waals surface area contributed by atoms with Crippen LogP contribution in [0.5, 0.6) is 11.5 Å². The Balaban J connectivity index is 1.80. The summed E-state index contributed by atoms with van der Waals surface area (Å²) in [4.78, 5) is 2.38. The Morgan fingerprint density at radius 2 is 1.39 bits per heavy atom. The Labute approximate surface area is 185 Å². The fraction of sp³-hybridized carbons (Fsp3) is 0.241. The number of nitrogens with zero attached hydrogens (tertiary/aromatic N) is 1. The molecule has 4 aromatic carbocycles. The fourth-order valence-electron chi connectivity index (χ4n) is 4.67. The molecule has 5 rings (SSSR count). The maximum Gasteiger partial charge on any atom is 0.152 e. The Morgan fingerprint density at radius 3 is 2.10 bits per heavy atom. The summed E-state index contributed by atoms with van der Waals surface area (Å²) in [5.41, 5.74) is 8.69. The lowest BCUT2D eigenvalue weighted by Crippen LogP contribution is -2.19. The van der Waals surface area contributed by atoms with E-state index in [0.717, 1.165) is 22.9 Å². The number of anilines is 3. The van der Waals surface area contributed by atoms with E-state index in [4.69, 9.17) is 4.74 Å². The molecule has 0 radical (unpaired) electrons. The minimum absolute atomic E-state index is 0.114. The predicted octanol–water partition coefficient (Wildman–Crippen LogP) is 8.64. The summed E-state index contributed by atoms with van der Waals surface area (Å²) in [7, 11) is 0. The second kappa shape index (κ2) is 6.88. The van der Waals surface area contributed by atoms with Gasteiger partial charge < -0.3 is 9.64 Å². The second-order valence-corrected chi connectivity index (χ2v) is 9.73. The van der Waals surface area contributed by atoms with Crippen molar-refractivity contribution in [1.82, 2.24) is 0 Å². The number of aryl methyl sites for hydroxylation is 3. The molecule has 0 spiro atoms. The van der Waals surface area contributed by atoms with Gasteiger partial charge in [0.2, 0.25) is 0 Å². The van der Waals surface area contributed by atoms with Crippen molar-refractivity contribution < 1.29 is 4.74 Å². The first kappa shape index (κ1) is 19.7.